The molecule has 1 unspecified atom stereocenters. The number of carboxylic acids is 1. The van der Waals surface area contributed by atoms with Crippen molar-refractivity contribution >= 4 is 22.9 Å². The van der Waals surface area contributed by atoms with Gasteiger partial charge in [-0.1, -0.05) is 24.3 Å². The topological polar surface area (TPSA) is 76.0 Å². The summed E-state index contributed by atoms with van der Waals surface area (Å²) in [6, 6.07) is 11.8. The van der Waals surface area contributed by atoms with Crippen LogP contribution in [0.15, 0.2) is 69.8 Å². The number of halogens is 3. The summed E-state index contributed by atoms with van der Waals surface area (Å²) in [6.07, 6.45) is -3.90. The molecule has 1 N–H and O–H groups in total. The lowest BCUT2D eigenvalue weighted by atomic mass is 10.0. The van der Waals surface area contributed by atoms with E-state index in [1.807, 2.05) is 38.1 Å². The summed E-state index contributed by atoms with van der Waals surface area (Å²) in [4.78, 5) is 11.4. The molecule has 0 radical (unpaired) electrons. The highest BCUT2D eigenvalue weighted by Crippen LogP contribution is 2.30. The zero-order valence-corrected chi connectivity index (χ0v) is 18.5. The fraction of sp³-hybridized carbons (Fsp3) is 0.304. The van der Waals surface area contributed by atoms with Gasteiger partial charge in [-0.3, -0.25) is 9.80 Å². The maximum atomic E-state index is 12.7. The lowest BCUT2D eigenvalue weighted by Crippen LogP contribution is -2.24. The van der Waals surface area contributed by atoms with Crippen LogP contribution in [0.1, 0.15) is 43.4 Å². The van der Waals surface area contributed by atoms with Gasteiger partial charge in [0.1, 0.15) is 5.75 Å². The van der Waals surface area contributed by atoms with Gasteiger partial charge in [-0.05, 0) is 60.4 Å². The predicted molar refractivity (Wildman–Crippen MR) is 116 cm³/mol. The molecule has 1 aliphatic heterocycles. The Morgan fingerprint density at radius 2 is 1.69 bits per heavy atom. The number of alkyl halides is 3. The molecule has 1 heterocycles. The molecule has 0 amide bonds. The fourth-order valence-corrected chi connectivity index (χ4v) is 4.51. The van der Waals surface area contributed by atoms with Crippen molar-refractivity contribution in [2.75, 3.05) is 0 Å². The van der Waals surface area contributed by atoms with Crippen LogP contribution in [0.5, 0.6) is 0 Å². The van der Waals surface area contributed by atoms with E-state index >= 15 is 0 Å². The van der Waals surface area contributed by atoms with Crippen molar-refractivity contribution in [3.05, 3.63) is 76.5 Å². The summed E-state index contributed by atoms with van der Waals surface area (Å²) in [5.74, 6) is -0.687. The zero-order chi connectivity index (χ0) is 23.5. The number of hydrogen-bond acceptors (Lipinski definition) is 4. The van der Waals surface area contributed by atoms with Gasteiger partial charge in [-0.2, -0.15) is 18.3 Å². The summed E-state index contributed by atoms with van der Waals surface area (Å²) >= 11 is -1.47. The van der Waals surface area contributed by atoms with E-state index in [2.05, 4.69) is 5.10 Å². The lowest BCUT2D eigenvalue weighted by Gasteiger charge is -2.28. The van der Waals surface area contributed by atoms with Gasteiger partial charge in [0.25, 0.3) is 0 Å². The number of carboxylic acid groups (broad SMARTS) is 1. The maximum Gasteiger partial charge on any atom is 0.416 e. The first-order valence-corrected chi connectivity index (χ1v) is 11.2. The van der Waals surface area contributed by atoms with Gasteiger partial charge in [0.05, 0.1) is 18.5 Å². The van der Waals surface area contributed by atoms with E-state index in [1.54, 1.807) is 5.01 Å². The molecule has 170 valence electrons. The molecule has 2 aromatic rings. The minimum absolute atomic E-state index is 0.0239. The van der Waals surface area contributed by atoms with Crippen LogP contribution < -0.4 is 0 Å². The van der Waals surface area contributed by atoms with Crippen LogP contribution in [0.4, 0.5) is 13.2 Å². The number of carbonyl (C=O) groups is 1. The minimum Gasteiger partial charge on any atom is -0.611 e. The molecule has 0 bridgehead atoms. The molecular weight excluding hydrogens is 441 g/mol. The summed E-state index contributed by atoms with van der Waals surface area (Å²) in [7, 11) is 0. The number of hydrazone groups is 1. The van der Waals surface area contributed by atoms with Crippen LogP contribution >= 0.6 is 0 Å². The van der Waals surface area contributed by atoms with Gasteiger partial charge in [0.15, 0.2) is 4.90 Å². The first kappa shape index (κ1) is 23.9. The van der Waals surface area contributed by atoms with Crippen LogP contribution in [-0.2, 0) is 34.4 Å². The highest BCUT2D eigenvalue weighted by molar-refractivity contribution is 7.90. The Kier molecular flexibility index (Phi) is 7.30. The minimum atomic E-state index is -4.42. The molecule has 9 heteroatoms. The normalized spacial score (nSPS) is 15.6. The van der Waals surface area contributed by atoms with E-state index < -0.39 is 28.9 Å². The Morgan fingerprint density at radius 3 is 2.25 bits per heavy atom. The molecule has 0 spiro atoms. The smallest absolute Gasteiger partial charge is 0.416 e. The molecule has 2 aromatic carbocycles. The molecule has 1 aliphatic rings. The lowest BCUT2D eigenvalue weighted by molar-refractivity contribution is -0.138. The van der Waals surface area contributed by atoms with Crippen LogP contribution in [0.25, 0.3) is 0 Å². The summed E-state index contributed by atoms with van der Waals surface area (Å²) in [5, 5.41) is 15.4. The molecule has 0 saturated heterocycles. The third kappa shape index (κ3) is 6.14. The van der Waals surface area contributed by atoms with Crippen LogP contribution in [-0.4, -0.2) is 26.3 Å². The highest BCUT2D eigenvalue weighted by Gasteiger charge is 2.30. The summed E-state index contributed by atoms with van der Waals surface area (Å²) < 4.78 is 50.6. The molecule has 32 heavy (non-hydrogen) atoms. The standard InChI is InChI=1S/C23H23F3N2O3S/c1-15-11-19(12-22(29)30)16(2)28(27-15)13-17-3-5-18(6-4-17)14-32(31)21-9-7-20(8-10-21)23(24,25)26/h3-10H,11-14H2,1-2H3,(H,29,30). The number of aliphatic carboxylic acids is 1. The molecular formula is C23H23F3N2O3S. The Morgan fingerprint density at radius 1 is 1.09 bits per heavy atom. The molecule has 1 atom stereocenters. The quantitative estimate of drug-likeness (QED) is 0.561. The first-order valence-electron chi connectivity index (χ1n) is 9.88. The van der Waals surface area contributed by atoms with Crippen molar-refractivity contribution in [2.45, 2.75) is 50.1 Å². The van der Waals surface area contributed by atoms with Crippen molar-refractivity contribution in [2.24, 2.45) is 5.10 Å². The first-order chi connectivity index (χ1) is 15.0. The van der Waals surface area contributed by atoms with Crippen molar-refractivity contribution in [1.29, 1.82) is 0 Å². The number of rotatable bonds is 7. The van der Waals surface area contributed by atoms with Crippen molar-refractivity contribution in [1.82, 2.24) is 5.01 Å². The van der Waals surface area contributed by atoms with Crippen molar-refractivity contribution in [3.63, 3.8) is 0 Å². The van der Waals surface area contributed by atoms with Crippen molar-refractivity contribution < 1.29 is 27.6 Å². The third-order valence-corrected chi connectivity index (χ3v) is 6.52. The van der Waals surface area contributed by atoms with Crippen molar-refractivity contribution in [3.8, 4) is 0 Å². The monoisotopic (exact) mass is 464 g/mol. The Hall–Kier alpha value is -2.78. The van der Waals surface area contributed by atoms with Gasteiger partial charge < -0.3 is 9.66 Å². The van der Waals surface area contributed by atoms with Crippen LogP contribution in [0.3, 0.4) is 0 Å². The molecule has 0 saturated carbocycles. The molecule has 0 aromatic heterocycles. The Bertz CT molecular complexity index is 1030. The SMILES string of the molecule is CC1=NN(Cc2ccc(C[S+]([O-])c3ccc(C(F)(F)F)cc3)cc2)C(C)=C(CC(=O)O)C1. The van der Waals surface area contributed by atoms with E-state index in [4.69, 9.17) is 5.11 Å². The average molecular weight is 465 g/mol. The highest BCUT2D eigenvalue weighted by atomic mass is 32.2. The van der Waals surface area contributed by atoms with Gasteiger partial charge in [0.2, 0.25) is 0 Å². The largest absolute Gasteiger partial charge is 0.611 e. The molecule has 0 fully saturated rings. The number of hydrogen-bond donors (Lipinski definition) is 1. The van der Waals surface area contributed by atoms with E-state index in [0.717, 1.165) is 40.2 Å². The number of nitrogens with zero attached hydrogens (tertiary/aromatic N) is 2. The van der Waals surface area contributed by atoms with Gasteiger partial charge >= 0.3 is 12.1 Å². The number of benzene rings is 2. The third-order valence-electron chi connectivity index (χ3n) is 5.12. The second kappa shape index (κ2) is 9.79. The van der Waals surface area contributed by atoms with E-state index in [0.29, 0.717) is 17.9 Å². The van der Waals surface area contributed by atoms with E-state index in [1.165, 1.54) is 12.1 Å². The summed E-state index contributed by atoms with van der Waals surface area (Å²) in [6.45, 7) is 4.19. The summed E-state index contributed by atoms with van der Waals surface area (Å²) in [5.41, 5.74) is 3.47. The van der Waals surface area contributed by atoms with Crippen LogP contribution in [0, 0.1) is 0 Å². The maximum absolute atomic E-state index is 12.7. The molecule has 0 aliphatic carbocycles. The predicted octanol–water partition coefficient (Wildman–Crippen LogP) is 5.34. The van der Waals surface area contributed by atoms with Gasteiger partial charge in [0, 0.05) is 23.4 Å². The van der Waals surface area contributed by atoms with Crippen LogP contribution in [0.2, 0.25) is 0 Å². The Labute approximate surface area is 187 Å². The molecule has 3 rings (SSSR count). The fourth-order valence-electron chi connectivity index (χ4n) is 3.41. The van der Waals surface area contributed by atoms with E-state index in [-0.39, 0.29) is 12.2 Å². The van der Waals surface area contributed by atoms with E-state index in [9.17, 15) is 22.5 Å². The molecule has 5 nitrogen and oxygen atoms in total. The van der Waals surface area contributed by atoms with Gasteiger partial charge in [-0.15, -0.1) is 0 Å². The number of allylic oxidation sites excluding steroid dienone is 1. The average Bonchev–Trinajstić information content (AvgIpc) is 2.72. The zero-order valence-electron chi connectivity index (χ0n) is 17.6. The second-order valence-electron chi connectivity index (χ2n) is 7.66. The Balaban J connectivity index is 1.65. The second-order valence-corrected chi connectivity index (χ2v) is 9.11. The van der Waals surface area contributed by atoms with Gasteiger partial charge in [-0.25, -0.2) is 0 Å².